The number of halogens is 1. The summed E-state index contributed by atoms with van der Waals surface area (Å²) in [5, 5.41) is 11.6. The molecule has 0 aliphatic heterocycles. The van der Waals surface area contributed by atoms with Gasteiger partial charge in [-0.3, -0.25) is 9.59 Å². The molecule has 2 N–H and O–H groups in total. The van der Waals surface area contributed by atoms with E-state index in [1.165, 1.54) is 0 Å². The van der Waals surface area contributed by atoms with Gasteiger partial charge in [-0.25, -0.2) is 0 Å². The number of anilines is 1. The molecule has 0 heterocycles. The van der Waals surface area contributed by atoms with Gasteiger partial charge in [0.05, 0.1) is 6.61 Å². The van der Waals surface area contributed by atoms with Crippen molar-refractivity contribution < 1.29 is 19.4 Å². The van der Waals surface area contributed by atoms with Crippen LogP contribution in [0.3, 0.4) is 0 Å². The number of hydrogen-bond acceptors (Lipinski definition) is 3. The molecule has 0 radical (unpaired) electrons. The van der Waals surface area contributed by atoms with E-state index in [0.29, 0.717) is 12.3 Å². The number of nitrogens with one attached hydrogen (secondary N) is 1. The van der Waals surface area contributed by atoms with Crippen LogP contribution in [0.15, 0.2) is 22.7 Å². The second-order valence-electron chi connectivity index (χ2n) is 3.99. The molecule has 0 spiro atoms. The van der Waals surface area contributed by atoms with Crippen LogP contribution in [0, 0.1) is 5.92 Å². The van der Waals surface area contributed by atoms with Crippen LogP contribution in [0.2, 0.25) is 0 Å². The summed E-state index contributed by atoms with van der Waals surface area (Å²) in [4.78, 5) is 22.8. The van der Waals surface area contributed by atoms with Crippen LogP contribution < -0.4 is 5.32 Å². The Hall–Kier alpha value is -1.40. The summed E-state index contributed by atoms with van der Waals surface area (Å²) in [5.41, 5.74) is 1.33. The molecule has 0 aliphatic rings. The quantitative estimate of drug-likeness (QED) is 0.786. The molecule has 0 saturated heterocycles. The molecule has 19 heavy (non-hydrogen) atoms. The van der Waals surface area contributed by atoms with E-state index in [9.17, 15) is 9.59 Å². The van der Waals surface area contributed by atoms with Crippen molar-refractivity contribution in [2.75, 3.05) is 12.4 Å². The van der Waals surface area contributed by atoms with E-state index in [-0.39, 0.29) is 6.42 Å². The van der Waals surface area contributed by atoms with Crippen molar-refractivity contribution in [1.29, 1.82) is 0 Å². The molecule has 1 aromatic carbocycles. The molecule has 1 aromatic rings. The number of rotatable bonds is 6. The van der Waals surface area contributed by atoms with Crippen LogP contribution in [0.25, 0.3) is 0 Å². The van der Waals surface area contributed by atoms with Crippen LogP contribution in [0.1, 0.15) is 18.9 Å². The van der Waals surface area contributed by atoms with Gasteiger partial charge in [0.2, 0.25) is 5.91 Å². The van der Waals surface area contributed by atoms with Gasteiger partial charge in [-0.15, -0.1) is 0 Å². The number of carbonyl (C=O) groups excluding carboxylic acids is 1. The largest absolute Gasteiger partial charge is 0.481 e. The molecule has 1 amide bonds. The smallest absolute Gasteiger partial charge is 0.316 e. The van der Waals surface area contributed by atoms with E-state index in [2.05, 4.69) is 21.2 Å². The first-order chi connectivity index (χ1) is 9.01. The highest BCUT2D eigenvalue weighted by atomic mass is 79.9. The first-order valence-electron chi connectivity index (χ1n) is 5.81. The molecule has 0 saturated carbocycles. The highest BCUT2D eigenvalue weighted by Gasteiger charge is 2.24. The van der Waals surface area contributed by atoms with Crippen molar-refractivity contribution >= 4 is 33.5 Å². The Balaban J connectivity index is 2.96. The third kappa shape index (κ3) is 4.04. The molecule has 0 bridgehead atoms. The van der Waals surface area contributed by atoms with Crippen LogP contribution in [0.5, 0.6) is 0 Å². The minimum atomic E-state index is -1.12. The summed E-state index contributed by atoms with van der Waals surface area (Å²) in [6, 6.07) is 5.31. The molecule has 1 unspecified atom stereocenters. The Morgan fingerprint density at radius 3 is 2.68 bits per heavy atom. The van der Waals surface area contributed by atoms with Gasteiger partial charge in [0.25, 0.3) is 0 Å². The fourth-order valence-electron chi connectivity index (χ4n) is 1.66. The lowest BCUT2D eigenvalue weighted by atomic mass is 10.1. The number of methoxy groups -OCH3 is 1. The number of carboxylic acids is 1. The number of ether oxygens (including phenoxy) is 1. The lowest BCUT2D eigenvalue weighted by Gasteiger charge is -2.15. The fraction of sp³-hybridized carbons (Fsp3) is 0.385. The van der Waals surface area contributed by atoms with E-state index < -0.39 is 17.8 Å². The number of benzene rings is 1. The molecule has 0 aromatic heterocycles. The van der Waals surface area contributed by atoms with Crippen molar-refractivity contribution in [1.82, 2.24) is 0 Å². The molecule has 5 nitrogen and oxygen atoms in total. The zero-order valence-electron chi connectivity index (χ0n) is 10.8. The van der Waals surface area contributed by atoms with Gasteiger partial charge in [0.15, 0.2) is 0 Å². The van der Waals surface area contributed by atoms with Gasteiger partial charge in [0, 0.05) is 22.8 Å². The van der Waals surface area contributed by atoms with Gasteiger partial charge in [-0.1, -0.05) is 28.9 Å². The van der Waals surface area contributed by atoms with Crippen molar-refractivity contribution in [3.63, 3.8) is 0 Å². The van der Waals surface area contributed by atoms with Gasteiger partial charge in [0.1, 0.15) is 5.92 Å². The molecular weight excluding hydrogens is 314 g/mol. The molecular formula is C13H16BrNO4. The van der Waals surface area contributed by atoms with E-state index in [1.807, 2.05) is 6.07 Å². The monoisotopic (exact) mass is 329 g/mol. The predicted molar refractivity (Wildman–Crippen MR) is 74.9 cm³/mol. The second kappa shape index (κ2) is 7.25. The Labute approximate surface area is 120 Å². The van der Waals surface area contributed by atoms with Crippen LogP contribution in [0.4, 0.5) is 5.69 Å². The molecule has 1 rings (SSSR count). The van der Waals surface area contributed by atoms with E-state index in [0.717, 1.165) is 10.0 Å². The van der Waals surface area contributed by atoms with Crippen molar-refractivity contribution in [2.45, 2.75) is 20.0 Å². The van der Waals surface area contributed by atoms with Gasteiger partial charge in [-0.2, -0.15) is 0 Å². The summed E-state index contributed by atoms with van der Waals surface area (Å²) in [6.07, 6.45) is 0.245. The van der Waals surface area contributed by atoms with Gasteiger partial charge < -0.3 is 15.2 Å². The maximum atomic E-state index is 11.9. The zero-order valence-corrected chi connectivity index (χ0v) is 12.4. The number of aliphatic carboxylic acids is 1. The molecule has 6 heteroatoms. The standard InChI is InChI=1S/C13H16BrNO4/c1-3-8(13(17)18)12(16)15-11-6-4-5-10(14)9(11)7-19-2/h4-6,8H,3,7H2,1-2H3,(H,15,16)(H,17,18). The topological polar surface area (TPSA) is 75.6 Å². The number of amides is 1. The number of hydrogen-bond donors (Lipinski definition) is 2. The average molecular weight is 330 g/mol. The first kappa shape index (κ1) is 15.7. The average Bonchev–Trinajstić information content (AvgIpc) is 2.34. The Kier molecular flexibility index (Phi) is 5.98. The van der Waals surface area contributed by atoms with Crippen molar-refractivity contribution in [2.24, 2.45) is 5.92 Å². The van der Waals surface area contributed by atoms with E-state index in [4.69, 9.17) is 9.84 Å². The second-order valence-corrected chi connectivity index (χ2v) is 4.84. The normalized spacial score (nSPS) is 11.9. The summed E-state index contributed by atoms with van der Waals surface area (Å²) in [7, 11) is 1.55. The zero-order chi connectivity index (χ0) is 14.4. The maximum absolute atomic E-state index is 11.9. The summed E-state index contributed by atoms with van der Waals surface area (Å²) in [6.45, 7) is 1.98. The number of carboxylic acid groups (broad SMARTS) is 1. The van der Waals surface area contributed by atoms with E-state index >= 15 is 0 Å². The maximum Gasteiger partial charge on any atom is 0.316 e. The summed E-state index contributed by atoms with van der Waals surface area (Å²) in [5.74, 6) is -2.69. The van der Waals surface area contributed by atoms with Crippen LogP contribution >= 0.6 is 15.9 Å². The highest BCUT2D eigenvalue weighted by Crippen LogP contribution is 2.26. The first-order valence-corrected chi connectivity index (χ1v) is 6.60. The van der Waals surface area contributed by atoms with Crippen molar-refractivity contribution in [3.05, 3.63) is 28.2 Å². The van der Waals surface area contributed by atoms with Crippen LogP contribution in [-0.2, 0) is 20.9 Å². The minimum absolute atomic E-state index is 0.245. The highest BCUT2D eigenvalue weighted by molar-refractivity contribution is 9.10. The third-order valence-corrected chi connectivity index (χ3v) is 3.43. The fourth-order valence-corrected chi connectivity index (χ4v) is 2.14. The Morgan fingerprint density at radius 2 is 2.16 bits per heavy atom. The lowest BCUT2D eigenvalue weighted by molar-refractivity contribution is -0.145. The summed E-state index contributed by atoms with van der Waals surface area (Å²) < 4.78 is 5.87. The van der Waals surface area contributed by atoms with Crippen LogP contribution in [-0.4, -0.2) is 24.1 Å². The SMILES string of the molecule is CCC(C(=O)O)C(=O)Nc1cccc(Br)c1COC. The lowest BCUT2D eigenvalue weighted by Crippen LogP contribution is -2.29. The Morgan fingerprint density at radius 1 is 1.47 bits per heavy atom. The summed E-state index contributed by atoms with van der Waals surface area (Å²) >= 11 is 3.37. The third-order valence-electron chi connectivity index (χ3n) is 2.69. The predicted octanol–water partition coefficient (Wildman–Crippen LogP) is 2.64. The Bertz CT molecular complexity index is 476. The number of carbonyl (C=O) groups is 2. The van der Waals surface area contributed by atoms with Crippen molar-refractivity contribution in [3.8, 4) is 0 Å². The molecule has 0 aliphatic carbocycles. The van der Waals surface area contributed by atoms with Gasteiger partial charge in [-0.05, 0) is 18.6 Å². The molecule has 1 atom stereocenters. The van der Waals surface area contributed by atoms with E-state index in [1.54, 1.807) is 26.2 Å². The van der Waals surface area contributed by atoms with Gasteiger partial charge >= 0.3 is 5.97 Å². The molecule has 0 fully saturated rings. The molecule has 104 valence electrons. The minimum Gasteiger partial charge on any atom is -0.481 e.